The topological polar surface area (TPSA) is 49.6 Å². The van der Waals surface area contributed by atoms with E-state index in [-0.39, 0.29) is 5.91 Å². The molecule has 4 heteroatoms. The van der Waals surface area contributed by atoms with Crippen molar-refractivity contribution in [2.45, 2.75) is 46.1 Å². The molecule has 0 spiro atoms. The van der Waals surface area contributed by atoms with Gasteiger partial charge in [0.2, 0.25) is 0 Å². The van der Waals surface area contributed by atoms with Crippen molar-refractivity contribution in [1.82, 2.24) is 4.90 Å². The Hall–Kier alpha value is -1.71. The van der Waals surface area contributed by atoms with E-state index in [0.29, 0.717) is 11.7 Å². The van der Waals surface area contributed by atoms with Gasteiger partial charge in [0.15, 0.2) is 0 Å². The van der Waals surface area contributed by atoms with Gasteiger partial charge in [-0.3, -0.25) is 4.79 Å². The first-order valence-electron chi connectivity index (χ1n) is 7.76. The van der Waals surface area contributed by atoms with Crippen LogP contribution < -0.4 is 10.6 Å². The summed E-state index contributed by atoms with van der Waals surface area (Å²) in [6, 6.07) is 5.88. The molecule has 0 aromatic heterocycles. The summed E-state index contributed by atoms with van der Waals surface area (Å²) >= 11 is 0. The first kappa shape index (κ1) is 17.3. The van der Waals surface area contributed by atoms with Crippen LogP contribution in [0.3, 0.4) is 0 Å². The maximum absolute atomic E-state index is 12.4. The minimum atomic E-state index is 0.0196. The molecule has 0 radical (unpaired) electrons. The van der Waals surface area contributed by atoms with E-state index < -0.39 is 0 Å². The van der Waals surface area contributed by atoms with Crippen LogP contribution in [0.2, 0.25) is 0 Å². The zero-order valence-electron chi connectivity index (χ0n) is 14.0. The van der Waals surface area contributed by atoms with E-state index in [2.05, 4.69) is 25.7 Å². The highest BCUT2D eigenvalue weighted by Crippen LogP contribution is 2.27. The molecule has 118 valence electrons. The fraction of sp³-hybridized carbons (Fsp3) is 0.588. The first-order valence-corrected chi connectivity index (χ1v) is 7.76. The summed E-state index contributed by atoms with van der Waals surface area (Å²) in [5.41, 5.74) is 8.31. The number of hydrogen-bond acceptors (Lipinski definition) is 3. The Morgan fingerprint density at radius 2 is 1.90 bits per heavy atom. The van der Waals surface area contributed by atoms with E-state index in [4.69, 9.17) is 5.73 Å². The largest absolute Gasteiger partial charge is 0.399 e. The Bertz CT molecular complexity index is 469. The van der Waals surface area contributed by atoms with Crippen LogP contribution in [-0.4, -0.2) is 37.5 Å². The number of amides is 1. The third-order valence-corrected chi connectivity index (χ3v) is 3.59. The number of benzene rings is 1. The zero-order chi connectivity index (χ0) is 16.0. The number of nitrogen functional groups attached to an aromatic ring is 1. The minimum absolute atomic E-state index is 0.0196. The van der Waals surface area contributed by atoms with Gasteiger partial charge in [-0.25, -0.2) is 0 Å². The third kappa shape index (κ3) is 4.66. The van der Waals surface area contributed by atoms with E-state index in [1.165, 1.54) is 12.8 Å². The summed E-state index contributed by atoms with van der Waals surface area (Å²) < 4.78 is 0. The lowest BCUT2D eigenvalue weighted by molar-refractivity contribution is 0.0828. The molecule has 1 rings (SSSR count). The van der Waals surface area contributed by atoms with Crippen LogP contribution in [0.5, 0.6) is 0 Å². The number of carbonyl (C=O) groups excluding carboxylic acids is 1. The molecule has 4 nitrogen and oxygen atoms in total. The molecule has 0 atom stereocenters. The number of hydrogen-bond donors (Lipinski definition) is 1. The molecule has 0 saturated heterocycles. The molecule has 0 aliphatic carbocycles. The SMILES string of the molecule is CCCCCN(c1cc(N)ccc1C(=O)N(C)C)C(C)C. The first-order chi connectivity index (χ1) is 9.88. The molecule has 21 heavy (non-hydrogen) atoms. The van der Waals surface area contributed by atoms with Crippen molar-refractivity contribution in [1.29, 1.82) is 0 Å². The second-order valence-electron chi connectivity index (χ2n) is 5.97. The number of unbranched alkanes of at least 4 members (excludes halogenated alkanes) is 2. The predicted octanol–water partition coefficient (Wildman–Crippen LogP) is 3.38. The number of carbonyl (C=O) groups is 1. The summed E-state index contributed by atoms with van der Waals surface area (Å²) in [6.45, 7) is 7.45. The van der Waals surface area contributed by atoms with Crippen LogP contribution >= 0.6 is 0 Å². The van der Waals surface area contributed by atoms with Crippen LogP contribution in [-0.2, 0) is 0 Å². The maximum Gasteiger partial charge on any atom is 0.255 e. The van der Waals surface area contributed by atoms with Gasteiger partial charge in [0.1, 0.15) is 0 Å². The fourth-order valence-electron chi connectivity index (χ4n) is 2.40. The molecule has 1 amide bonds. The smallest absolute Gasteiger partial charge is 0.255 e. The Balaban J connectivity index is 3.16. The standard InChI is InChI=1S/C17H29N3O/c1-6-7-8-11-20(13(2)3)16-12-14(18)9-10-15(16)17(21)19(4)5/h9-10,12-13H,6-8,11,18H2,1-5H3. The number of anilines is 2. The molecule has 1 aromatic rings. The number of nitrogens with two attached hydrogens (primary N) is 1. The molecule has 0 fully saturated rings. The molecule has 1 aromatic carbocycles. The molecule has 0 saturated carbocycles. The van der Waals surface area contributed by atoms with Gasteiger partial charge in [0.25, 0.3) is 5.91 Å². The van der Waals surface area contributed by atoms with Gasteiger partial charge in [-0.05, 0) is 38.5 Å². The third-order valence-electron chi connectivity index (χ3n) is 3.59. The van der Waals surface area contributed by atoms with Gasteiger partial charge in [0.05, 0.1) is 11.3 Å². The lowest BCUT2D eigenvalue weighted by Gasteiger charge is -2.31. The highest BCUT2D eigenvalue weighted by atomic mass is 16.2. The van der Waals surface area contributed by atoms with Crippen molar-refractivity contribution in [3.63, 3.8) is 0 Å². The molecular weight excluding hydrogens is 262 g/mol. The van der Waals surface area contributed by atoms with E-state index in [1.807, 2.05) is 12.1 Å². The summed E-state index contributed by atoms with van der Waals surface area (Å²) in [5.74, 6) is 0.0196. The van der Waals surface area contributed by atoms with Crippen LogP contribution in [0, 0.1) is 0 Å². The van der Waals surface area contributed by atoms with Gasteiger partial charge in [-0.2, -0.15) is 0 Å². The highest BCUT2D eigenvalue weighted by Gasteiger charge is 2.20. The molecule has 0 heterocycles. The van der Waals surface area contributed by atoms with E-state index in [0.717, 1.165) is 24.2 Å². The number of nitrogens with zero attached hydrogens (tertiary/aromatic N) is 2. The van der Waals surface area contributed by atoms with Crippen LogP contribution in [0.4, 0.5) is 11.4 Å². The normalized spacial score (nSPS) is 10.8. The van der Waals surface area contributed by atoms with Crippen molar-refractivity contribution in [2.24, 2.45) is 0 Å². The van der Waals surface area contributed by atoms with Crippen LogP contribution in [0.1, 0.15) is 50.4 Å². The Labute approximate surface area is 128 Å². The van der Waals surface area contributed by atoms with Crippen molar-refractivity contribution >= 4 is 17.3 Å². The van der Waals surface area contributed by atoms with Gasteiger partial charge >= 0.3 is 0 Å². The van der Waals surface area contributed by atoms with Crippen LogP contribution in [0.25, 0.3) is 0 Å². The van der Waals surface area contributed by atoms with Crippen molar-refractivity contribution in [3.05, 3.63) is 23.8 Å². The fourth-order valence-corrected chi connectivity index (χ4v) is 2.40. The highest BCUT2D eigenvalue weighted by molar-refractivity contribution is 6.00. The zero-order valence-corrected chi connectivity index (χ0v) is 14.0. The van der Waals surface area contributed by atoms with Gasteiger partial charge < -0.3 is 15.5 Å². The van der Waals surface area contributed by atoms with Crippen molar-refractivity contribution in [3.8, 4) is 0 Å². The average Bonchev–Trinajstić information content (AvgIpc) is 2.42. The second-order valence-corrected chi connectivity index (χ2v) is 5.97. The average molecular weight is 291 g/mol. The number of rotatable bonds is 7. The minimum Gasteiger partial charge on any atom is -0.399 e. The van der Waals surface area contributed by atoms with Crippen LogP contribution in [0.15, 0.2) is 18.2 Å². The molecule has 0 unspecified atom stereocenters. The van der Waals surface area contributed by atoms with E-state index in [1.54, 1.807) is 25.1 Å². The Morgan fingerprint density at radius 1 is 1.24 bits per heavy atom. The van der Waals surface area contributed by atoms with Gasteiger partial charge in [-0.15, -0.1) is 0 Å². The summed E-state index contributed by atoms with van der Waals surface area (Å²) in [6.07, 6.45) is 3.51. The van der Waals surface area contributed by atoms with E-state index in [9.17, 15) is 4.79 Å². The Morgan fingerprint density at radius 3 is 2.43 bits per heavy atom. The molecular formula is C17H29N3O. The van der Waals surface area contributed by atoms with Crippen molar-refractivity contribution < 1.29 is 4.79 Å². The Kier molecular flexibility index (Phi) is 6.53. The monoisotopic (exact) mass is 291 g/mol. The summed E-state index contributed by atoms with van der Waals surface area (Å²) in [5, 5.41) is 0. The predicted molar refractivity (Wildman–Crippen MR) is 90.9 cm³/mol. The lowest BCUT2D eigenvalue weighted by atomic mass is 10.1. The molecule has 2 N–H and O–H groups in total. The quantitative estimate of drug-likeness (QED) is 0.619. The summed E-state index contributed by atoms with van der Waals surface area (Å²) in [7, 11) is 3.55. The van der Waals surface area contributed by atoms with E-state index >= 15 is 0 Å². The maximum atomic E-state index is 12.4. The molecule has 0 bridgehead atoms. The summed E-state index contributed by atoms with van der Waals surface area (Å²) in [4.78, 5) is 16.3. The molecule has 0 aliphatic heterocycles. The van der Waals surface area contributed by atoms with Gasteiger partial charge in [-0.1, -0.05) is 19.8 Å². The van der Waals surface area contributed by atoms with Crippen molar-refractivity contribution in [2.75, 3.05) is 31.3 Å². The lowest BCUT2D eigenvalue weighted by Crippen LogP contribution is -2.34. The molecule has 0 aliphatic rings. The van der Waals surface area contributed by atoms with Gasteiger partial charge in [0, 0.05) is 32.4 Å². The second kappa shape index (κ2) is 7.91.